The highest BCUT2D eigenvalue weighted by atomic mass is 32.1. The fourth-order valence-electron chi connectivity index (χ4n) is 3.19. The Morgan fingerprint density at radius 1 is 1.20 bits per heavy atom. The van der Waals surface area contributed by atoms with Crippen LogP contribution in [0.25, 0.3) is 0 Å². The first-order chi connectivity index (χ1) is 12.1. The van der Waals surface area contributed by atoms with Gasteiger partial charge in [-0.3, -0.25) is 0 Å². The number of benzene rings is 1. The molecule has 1 aliphatic heterocycles. The molecule has 2 aromatic rings. The Bertz CT molecular complexity index is 680. The van der Waals surface area contributed by atoms with Crippen molar-refractivity contribution >= 4 is 28.7 Å². The lowest BCUT2D eigenvalue weighted by atomic mass is 10.2. The van der Waals surface area contributed by atoms with E-state index in [1.165, 1.54) is 17.7 Å². The van der Waals surface area contributed by atoms with Gasteiger partial charge in [0.15, 0.2) is 0 Å². The Labute approximate surface area is 153 Å². The lowest BCUT2D eigenvalue weighted by Crippen LogP contribution is -2.36. The van der Waals surface area contributed by atoms with Gasteiger partial charge >= 0.3 is 6.03 Å². The van der Waals surface area contributed by atoms with Crippen LogP contribution in [0.15, 0.2) is 41.8 Å². The summed E-state index contributed by atoms with van der Waals surface area (Å²) < 4.78 is 0. The molecule has 3 rings (SSSR count). The van der Waals surface area contributed by atoms with Crippen molar-refractivity contribution in [1.29, 1.82) is 0 Å². The Morgan fingerprint density at radius 3 is 2.64 bits per heavy atom. The summed E-state index contributed by atoms with van der Waals surface area (Å²) in [5.41, 5.74) is 1.98. The number of likely N-dealkylation sites (N-methyl/N-ethyl adjacent to an activating group) is 1. The second-order valence-corrected chi connectivity index (χ2v) is 7.52. The molecule has 2 heterocycles. The van der Waals surface area contributed by atoms with Crippen molar-refractivity contribution in [2.24, 2.45) is 0 Å². The Balaban J connectivity index is 1.61. The van der Waals surface area contributed by atoms with Gasteiger partial charge in [0.05, 0.1) is 17.4 Å². The first-order valence-electron chi connectivity index (χ1n) is 8.74. The van der Waals surface area contributed by atoms with Crippen molar-refractivity contribution in [3.8, 4) is 0 Å². The largest absolute Gasteiger partial charge is 0.370 e. The van der Waals surface area contributed by atoms with Gasteiger partial charge in [-0.15, -0.1) is 11.3 Å². The number of hydrogen-bond donors (Lipinski definition) is 2. The summed E-state index contributed by atoms with van der Waals surface area (Å²) in [5.74, 6) is 0. The van der Waals surface area contributed by atoms with Crippen LogP contribution < -0.4 is 15.5 Å². The molecule has 1 saturated heterocycles. The van der Waals surface area contributed by atoms with Crippen molar-refractivity contribution in [3.05, 3.63) is 46.7 Å². The van der Waals surface area contributed by atoms with Crippen LogP contribution in [-0.4, -0.2) is 44.7 Å². The van der Waals surface area contributed by atoms with E-state index in [4.69, 9.17) is 0 Å². The number of para-hydroxylation sites is 2. The predicted octanol–water partition coefficient (Wildman–Crippen LogP) is 3.77. The van der Waals surface area contributed by atoms with E-state index in [0.717, 1.165) is 24.5 Å². The highest BCUT2D eigenvalue weighted by Gasteiger charge is 2.18. The standard InChI is InChI=1S/C19H26N4OS/c1-22(2)17(18-10-7-13-25-18)14-20-19(24)21-15-8-3-4-9-16(15)23-11-5-6-12-23/h3-4,7-10,13,17H,5-6,11-12,14H2,1-2H3,(H2,20,21,24). The van der Waals surface area contributed by atoms with Gasteiger partial charge in [-0.25, -0.2) is 4.79 Å². The number of nitrogens with one attached hydrogen (secondary N) is 2. The summed E-state index contributed by atoms with van der Waals surface area (Å²) in [6.07, 6.45) is 2.43. The summed E-state index contributed by atoms with van der Waals surface area (Å²) in [6.45, 7) is 2.69. The third-order valence-electron chi connectivity index (χ3n) is 4.55. The topological polar surface area (TPSA) is 47.6 Å². The molecule has 0 aliphatic carbocycles. The van der Waals surface area contributed by atoms with Crippen molar-refractivity contribution in [2.45, 2.75) is 18.9 Å². The van der Waals surface area contributed by atoms with E-state index in [-0.39, 0.29) is 12.1 Å². The molecule has 1 atom stereocenters. The molecule has 1 fully saturated rings. The lowest BCUT2D eigenvalue weighted by Gasteiger charge is -2.24. The number of nitrogens with zero attached hydrogens (tertiary/aromatic N) is 2. The summed E-state index contributed by atoms with van der Waals surface area (Å²) in [4.78, 5) is 18.1. The Morgan fingerprint density at radius 2 is 1.96 bits per heavy atom. The van der Waals surface area contributed by atoms with Gasteiger partial charge < -0.3 is 20.4 Å². The summed E-state index contributed by atoms with van der Waals surface area (Å²) in [5, 5.41) is 8.10. The fraction of sp³-hybridized carbons (Fsp3) is 0.421. The number of thiophene rings is 1. The lowest BCUT2D eigenvalue weighted by molar-refractivity contribution is 0.244. The first kappa shape index (κ1) is 17.8. The Kier molecular flexibility index (Phi) is 5.94. The van der Waals surface area contributed by atoms with Gasteiger partial charge in [0.2, 0.25) is 0 Å². The average Bonchev–Trinajstić information content (AvgIpc) is 3.29. The third-order valence-corrected chi connectivity index (χ3v) is 5.52. The number of carbonyl (C=O) groups is 1. The normalized spacial score (nSPS) is 15.4. The summed E-state index contributed by atoms with van der Waals surface area (Å²) in [7, 11) is 4.07. The van der Waals surface area contributed by atoms with Gasteiger partial charge in [0.25, 0.3) is 0 Å². The molecule has 0 spiro atoms. The highest BCUT2D eigenvalue weighted by molar-refractivity contribution is 7.10. The van der Waals surface area contributed by atoms with Gasteiger partial charge in [0.1, 0.15) is 0 Å². The van der Waals surface area contributed by atoms with E-state index in [1.54, 1.807) is 11.3 Å². The zero-order valence-corrected chi connectivity index (χ0v) is 15.7. The molecule has 25 heavy (non-hydrogen) atoms. The van der Waals surface area contributed by atoms with Crippen LogP contribution in [-0.2, 0) is 0 Å². The minimum atomic E-state index is -0.157. The van der Waals surface area contributed by atoms with Crippen molar-refractivity contribution in [1.82, 2.24) is 10.2 Å². The minimum Gasteiger partial charge on any atom is -0.370 e. The molecule has 6 heteroatoms. The second kappa shape index (κ2) is 8.36. The monoisotopic (exact) mass is 358 g/mol. The molecule has 5 nitrogen and oxygen atoms in total. The van der Waals surface area contributed by atoms with Crippen LogP contribution in [0.3, 0.4) is 0 Å². The van der Waals surface area contributed by atoms with Crippen LogP contribution >= 0.6 is 11.3 Å². The van der Waals surface area contributed by atoms with Gasteiger partial charge in [0, 0.05) is 24.5 Å². The molecule has 0 saturated carbocycles. The van der Waals surface area contributed by atoms with E-state index in [2.05, 4.69) is 37.9 Å². The van der Waals surface area contributed by atoms with Crippen LogP contribution in [0.5, 0.6) is 0 Å². The highest BCUT2D eigenvalue weighted by Crippen LogP contribution is 2.28. The van der Waals surface area contributed by atoms with Gasteiger partial charge in [-0.05, 0) is 50.5 Å². The molecule has 0 radical (unpaired) electrons. The number of urea groups is 1. The van der Waals surface area contributed by atoms with Crippen molar-refractivity contribution in [2.75, 3.05) is 43.9 Å². The van der Waals surface area contributed by atoms with Gasteiger partial charge in [-0.1, -0.05) is 18.2 Å². The summed E-state index contributed by atoms with van der Waals surface area (Å²) >= 11 is 1.71. The molecule has 1 unspecified atom stereocenters. The number of hydrogen-bond acceptors (Lipinski definition) is 4. The minimum absolute atomic E-state index is 0.157. The average molecular weight is 359 g/mol. The molecule has 2 N–H and O–H groups in total. The van der Waals surface area contributed by atoms with E-state index in [0.29, 0.717) is 6.54 Å². The second-order valence-electron chi connectivity index (χ2n) is 6.54. The zero-order valence-electron chi connectivity index (χ0n) is 14.9. The van der Waals surface area contributed by atoms with Crippen LogP contribution in [0.1, 0.15) is 23.8 Å². The maximum absolute atomic E-state index is 12.4. The van der Waals surface area contributed by atoms with E-state index in [1.807, 2.05) is 38.4 Å². The first-order valence-corrected chi connectivity index (χ1v) is 9.62. The van der Waals surface area contributed by atoms with Crippen LogP contribution in [0.4, 0.5) is 16.2 Å². The molecule has 0 bridgehead atoms. The SMILES string of the molecule is CN(C)C(CNC(=O)Nc1ccccc1N1CCCC1)c1cccs1. The number of carbonyl (C=O) groups excluding carboxylic acids is 1. The Hall–Kier alpha value is -2.05. The van der Waals surface area contributed by atoms with Crippen molar-refractivity contribution < 1.29 is 4.79 Å². The van der Waals surface area contributed by atoms with Crippen LogP contribution in [0.2, 0.25) is 0 Å². The molecular weight excluding hydrogens is 332 g/mol. The molecule has 1 aromatic carbocycles. The van der Waals surface area contributed by atoms with E-state index in [9.17, 15) is 4.79 Å². The quantitative estimate of drug-likeness (QED) is 0.826. The number of amides is 2. The molecule has 1 aromatic heterocycles. The van der Waals surface area contributed by atoms with Crippen molar-refractivity contribution in [3.63, 3.8) is 0 Å². The number of rotatable bonds is 6. The van der Waals surface area contributed by atoms with Crippen LogP contribution in [0, 0.1) is 0 Å². The zero-order chi connectivity index (χ0) is 17.6. The van der Waals surface area contributed by atoms with E-state index < -0.39 is 0 Å². The maximum atomic E-state index is 12.4. The molecule has 134 valence electrons. The fourth-order valence-corrected chi connectivity index (χ4v) is 4.11. The van der Waals surface area contributed by atoms with E-state index >= 15 is 0 Å². The number of anilines is 2. The third kappa shape index (κ3) is 4.52. The summed E-state index contributed by atoms with van der Waals surface area (Å²) in [6, 6.07) is 12.2. The predicted molar refractivity (Wildman–Crippen MR) is 106 cm³/mol. The molecule has 2 amide bonds. The maximum Gasteiger partial charge on any atom is 0.319 e. The smallest absolute Gasteiger partial charge is 0.319 e. The van der Waals surface area contributed by atoms with Gasteiger partial charge in [-0.2, -0.15) is 0 Å². The molecule has 1 aliphatic rings. The molecular formula is C19H26N4OS.